The molecule has 0 saturated carbocycles. The molecule has 118 valence electrons. The number of carbonyl (C=O) groups is 1. The van der Waals surface area contributed by atoms with Gasteiger partial charge in [0.15, 0.2) is 0 Å². The molecule has 1 saturated heterocycles. The maximum atomic E-state index is 13.7. The van der Waals surface area contributed by atoms with Gasteiger partial charge in [0.1, 0.15) is 11.2 Å². The summed E-state index contributed by atoms with van der Waals surface area (Å²) in [5.41, 5.74) is 0. The number of hydrogen-bond donors (Lipinski definition) is 1. The Morgan fingerprint density at radius 3 is 3.09 bits per heavy atom. The van der Waals surface area contributed by atoms with Crippen LogP contribution >= 0.6 is 22.7 Å². The molecule has 2 aromatic heterocycles. The number of hydrogen-bond acceptors (Lipinski definition) is 6. The van der Waals surface area contributed by atoms with E-state index in [1.54, 1.807) is 11.3 Å². The van der Waals surface area contributed by atoms with Gasteiger partial charge in [-0.2, -0.15) is 0 Å². The zero-order chi connectivity index (χ0) is 15.5. The molecular weight excluding hydrogens is 323 g/mol. The summed E-state index contributed by atoms with van der Waals surface area (Å²) in [4.78, 5) is 15.3. The summed E-state index contributed by atoms with van der Waals surface area (Å²) in [6.07, 6.45) is -0.369. The van der Waals surface area contributed by atoms with Crippen molar-refractivity contribution in [2.24, 2.45) is 0 Å². The minimum absolute atomic E-state index is 0.0232. The molecule has 0 bridgehead atoms. The van der Waals surface area contributed by atoms with Crippen LogP contribution in [0.1, 0.15) is 26.1 Å². The third-order valence-corrected chi connectivity index (χ3v) is 5.33. The van der Waals surface area contributed by atoms with Crippen LogP contribution in [0, 0.1) is 6.92 Å². The van der Waals surface area contributed by atoms with E-state index in [1.807, 2.05) is 18.4 Å². The van der Waals surface area contributed by atoms with Crippen LogP contribution < -0.4 is 5.32 Å². The van der Waals surface area contributed by atoms with Gasteiger partial charge < -0.3 is 5.32 Å². The van der Waals surface area contributed by atoms with E-state index in [0.717, 1.165) is 11.6 Å². The van der Waals surface area contributed by atoms with Crippen LogP contribution in [-0.2, 0) is 6.54 Å². The monoisotopic (exact) mass is 340 g/mol. The number of thiophene rings is 1. The van der Waals surface area contributed by atoms with Crippen molar-refractivity contribution in [1.29, 1.82) is 0 Å². The second kappa shape index (κ2) is 6.80. The number of rotatable bonds is 5. The van der Waals surface area contributed by atoms with E-state index < -0.39 is 6.17 Å². The smallest absolute Gasteiger partial charge is 0.282 e. The van der Waals surface area contributed by atoms with Gasteiger partial charge >= 0.3 is 0 Å². The molecule has 1 fully saturated rings. The van der Waals surface area contributed by atoms with Gasteiger partial charge in [0, 0.05) is 30.6 Å². The van der Waals surface area contributed by atoms with Crippen LogP contribution in [0.2, 0.25) is 0 Å². The van der Waals surface area contributed by atoms with Gasteiger partial charge in [-0.25, -0.2) is 4.39 Å². The predicted octanol–water partition coefficient (Wildman–Crippen LogP) is 2.25. The van der Waals surface area contributed by atoms with Gasteiger partial charge in [-0.3, -0.25) is 9.69 Å². The molecule has 0 aliphatic carbocycles. The molecular formula is C14H17FN4OS2. The van der Waals surface area contributed by atoms with E-state index in [1.165, 1.54) is 16.2 Å². The number of amides is 1. The van der Waals surface area contributed by atoms with E-state index in [9.17, 15) is 9.18 Å². The van der Waals surface area contributed by atoms with Crippen LogP contribution in [0.25, 0.3) is 0 Å². The van der Waals surface area contributed by atoms with Gasteiger partial charge in [-0.05, 0) is 24.8 Å². The fourth-order valence-electron chi connectivity index (χ4n) is 2.61. The number of likely N-dealkylation sites (tertiary alicyclic amines) is 1. The molecule has 1 aliphatic heterocycles. The van der Waals surface area contributed by atoms with Gasteiger partial charge in [0.25, 0.3) is 5.91 Å². The Morgan fingerprint density at radius 2 is 2.41 bits per heavy atom. The number of nitrogens with zero attached hydrogens (tertiary/aromatic N) is 3. The number of aryl methyl sites for hydroxylation is 1. The Morgan fingerprint density at radius 1 is 1.55 bits per heavy atom. The second-order valence-corrected chi connectivity index (χ2v) is 7.55. The van der Waals surface area contributed by atoms with Gasteiger partial charge in [-0.1, -0.05) is 17.4 Å². The third-order valence-electron chi connectivity index (χ3n) is 3.63. The fraction of sp³-hybridized carbons (Fsp3) is 0.500. The summed E-state index contributed by atoms with van der Waals surface area (Å²) in [6.45, 7) is 3.40. The Kier molecular flexibility index (Phi) is 4.80. The average Bonchev–Trinajstić information content (AvgIpc) is 3.19. The van der Waals surface area contributed by atoms with Crippen LogP contribution in [0.4, 0.5) is 4.39 Å². The summed E-state index contributed by atoms with van der Waals surface area (Å²) >= 11 is 2.93. The molecule has 0 radical (unpaired) electrons. The molecule has 2 aromatic rings. The topological polar surface area (TPSA) is 58.1 Å². The van der Waals surface area contributed by atoms with Crippen molar-refractivity contribution in [3.63, 3.8) is 0 Å². The Labute approximate surface area is 136 Å². The molecule has 1 N–H and O–H groups in total. The summed E-state index contributed by atoms with van der Waals surface area (Å²) in [5, 5.41) is 13.6. The van der Waals surface area contributed by atoms with E-state index in [4.69, 9.17) is 0 Å². The number of carbonyl (C=O) groups excluding carboxylic acids is 1. The normalized spacial score (nSPS) is 22.1. The largest absolute Gasteiger partial charge is 0.348 e. The molecule has 8 heteroatoms. The van der Waals surface area contributed by atoms with Gasteiger partial charge in [0.05, 0.1) is 0 Å². The molecule has 0 unspecified atom stereocenters. The van der Waals surface area contributed by atoms with E-state index in [0.29, 0.717) is 24.5 Å². The first-order valence-corrected chi connectivity index (χ1v) is 8.80. The molecule has 0 spiro atoms. The van der Waals surface area contributed by atoms with Crippen molar-refractivity contribution in [2.75, 3.05) is 13.1 Å². The minimum Gasteiger partial charge on any atom is -0.348 e. The maximum Gasteiger partial charge on any atom is 0.282 e. The molecule has 0 aromatic carbocycles. The number of alkyl halides is 1. The number of halogens is 1. The van der Waals surface area contributed by atoms with Crippen molar-refractivity contribution in [1.82, 2.24) is 20.4 Å². The molecule has 5 nitrogen and oxygen atoms in total. The summed E-state index contributed by atoms with van der Waals surface area (Å²) in [7, 11) is 0. The second-order valence-electron chi connectivity index (χ2n) is 5.33. The Balaban J connectivity index is 1.56. The Bertz CT molecular complexity index is 631. The summed E-state index contributed by atoms with van der Waals surface area (Å²) in [5.74, 6) is -0.232. The molecule has 2 atom stereocenters. The highest BCUT2D eigenvalue weighted by Gasteiger charge is 2.32. The predicted molar refractivity (Wildman–Crippen MR) is 85.0 cm³/mol. The lowest BCUT2D eigenvalue weighted by Crippen LogP contribution is -2.39. The lowest BCUT2D eigenvalue weighted by Gasteiger charge is -2.23. The van der Waals surface area contributed by atoms with E-state index in [-0.39, 0.29) is 11.9 Å². The number of aromatic nitrogens is 2. The maximum absolute atomic E-state index is 13.7. The quantitative estimate of drug-likeness (QED) is 0.907. The van der Waals surface area contributed by atoms with Crippen molar-refractivity contribution < 1.29 is 9.18 Å². The molecule has 3 heterocycles. The zero-order valence-corrected chi connectivity index (χ0v) is 13.8. The SMILES string of the molecule is Cc1nnc(C(=O)NC[C@@H]2C[C@H](F)CN2Cc2cccs2)s1. The lowest BCUT2D eigenvalue weighted by atomic mass is 10.2. The molecule has 22 heavy (non-hydrogen) atoms. The van der Waals surface area contributed by atoms with Gasteiger partial charge in [-0.15, -0.1) is 21.5 Å². The van der Waals surface area contributed by atoms with E-state index in [2.05, 4.69) is 26.5 Å². The molecule has 1 amide bonds. The van der Waals surface area contributed by atoms with Crippen molar-refractivity contribution in [3.8, 4) is 0 Å². The summed E-state index contributed by atoms with van der Waals surface area (Å²) < 4.78 is 13.7. The van der Waals surface area contributed by atoms with Crippen LogP contribution in [-0.4, -0.2) is 46.3 Å². The van der Waals surface area contributed by atoms with Gasteiger partial charge in [0.2, 0.25) is 5.01 Å². The fourth-order valence-corrected chi connectivity index (χ4v) is 3.94. The van der Waals surface area contributed by atoms with Crippen LogP contribution in [0.15, 0.2) is 17.5 Å². The van der Waals surface area contributed by atoms with Crippen molar-refractivity contribution in [2.45, 2.75) is 32.1 Å². The first-order chi connectivity index (χ1) is 10.6. The zero-order valence-electron chi connectivity index (χ0n) is 12.2. The van der Waals surface area contributed by atoms with E-state index >= 15 is 0 Å². The average molecular weight is 340 g/mol. The first-order valence-electron chi connectivity index (χ1n) is 7.10. The molecule has 3 rings (SSSR count). The van der Waals surface area contributed by atoms with Crippen LogP contribution in [0.3, 0.4) is 0 Å². The van der Waals surface area contributed by atoms with Crippen molar-refractivity contribution >= 4 is 28.6 Å². The molecule has 1 aliphatic rings. The van der Waals surface area contributed by atoms with Crippen LogP contribution in [0.5, 0.6) is 0 Å². The minimum atomic E-state index is -0.828. The highest BCUT2D eigenvalue weighted by atomic mass is 32.1. The number of nitrogens with one attached hydrogen (secondary N) is 1. The summed E-state index contributed by atoms with van der Waals surface area (Å²) in [6, 6.07) is 4.07. The third kappa shape index (κ3) is 3.68. The Hall–Kier alpha value is -1.38. The first kappa shape index (κ1) is 15.5. The highest BCUT2D eigenvalue weighted by molar-refractivity contribution is 7.13. The standard InChI is InChI=1S/C14H17FN4OS2/c1-9-17-18-14(22-9)13(20)16-6-11-5-10(15)7-19(11)8-12-3-2-4-21-12/h2-4,10-11H,5-8H2,1H3,(H,16,20)/t10-,11-/m0/s1. The highest BCUT2D eigenvalue weighted by Crippen LogP contribution is 2.24. The van der Waals surface area contributed by atoms with Crippen molar-refractivity contribution in [3.05, 3.63) is 32.4 Å². The lowest BCUT2D eigenvalue weighted by molar-refractivity contribution is 0.0939.